The molecule has 0 saturated carbocycles. The molecule has 2 heterocycles. The van der Waals surface area contributed by atoms with Gasteiger partial charge in [-0.25, -0.2) is 0 Å². The molecule has 0 atom stereocenters. The monoisotopic (exact) mass is 321 g/mol. The lowest BCUT2D eigenvalue weighted by atomic mass is 10.1. The van der Waals surface area contributed by atoms with Gasteiger partial charge in [-0.1, -0.05) is 25.4 Å². The quantitative estimate of drug-likeness (QED) is 0.735. The Kier molecular flexibility index (Phi) is 2.70. The summed E-state index contributed by atoms with van der Waals surface area (Å²) in [5.41, 5.74) is 2.55. The van der Waals surface area contributed by atoms with E-state index < -0.39 is 0 Å². The first kappa shape index (κ1) is 10.2. The van der Waals surface area contributed by atoms with Gasteiger partial charge in [-0.3, -0.25) is 4.98 Å². The lowest BCUT2D eigenvalue weighted by Crippen LogP contribution is -1.90. The number of fused-ring (bicyclic) bond motifs is 1. The highest BCUT2D eigenvalue weighted by Crippen LogP contribution is 2.32. The minimum absolute atomic E-state index is 0.363. The summed E-state index contributed by atoms with van der Waals surface area (Å²) in [7, 11) is 0. The lowest BCUT2D eigenvalue weighted by molar-refractivity contribution is 0.583. The molecule has 0 spiro atoms. The summed E-state index contributed by atoms with van der Waals surface area (Å²) >= 11 is 8.33. The van der Waals surface area contributed by atoms with Crippen LogP contribution in [-0.2, 0) is 0 Å². The second kappa shape index (κ2) is 3.70. The summed E-state index contributed by atoms with van der Waals surface area (Å²) in [4.78, 5) is 4.30. The van der Waals surface area contributed by atoms with Crippen molar-refractivity contribution in [3.8, 4) is 0 Å². The molecular formula is C10H9ClINO. The Morgan fingerprint density at radius 1 is 1.50 bits per heavy atom. The van der Waals surface area contributed by atoms with Crippen molar-refractivity contribution in [2.24, 2.45) is 0 Å². The van der Waals surface area contributed by atoms with Gasteiger partial charge in [0.1, 0.15) is 5.52 Å². The predicted molar refractivity (Wildman–Crippen MR) is 65.8 cm³/mol. The van der Waals surface area contributed by atoms with Crippen LogP contribution in [0.2, 0.25) is 5.02 Å². The van der Waals surface area contributed by atoms with Crippen LogP contribution in [0.25, 0.3) is 11.1 Å². The van der Waals surface area contributed by atoms with Gasteiger partial charge in [0, 0.05) is 12.3 Å². The van der Waals surface area contributed by atoms with Crippen LogP contribution in [-0.4, -0.2) is 4.98 Å². The maximum Gasteiger partial charge on any atom is 0.172 e. The first-order chi connectivity index (χ1) is 6.59. The van der Waals surface area contributed by atoms with E-state index in [-0.39, 0.29) is 0 Å². The fourth-order valence-electron chi connectivity index (χ4n) is 1.33. The molecule has 0 amide bonds. The van der Waals surface area contributed by atoms with Gasteiger partial charge in [-0.15, -0.1) is 0 Å². The maximum absolute atomic E-state index is 6.21. The smallest absolute Gasteiger partial charge is 0.172 e. The third kappa shape index (κ3) is 1.63. The normalized spacial score (nSPS) is 11.5. The molecule has 2 aromatic rings. The molecule has 0 fully saturated rings. The Bertz CT molecular complexity index is 478. The van der Waals surface area contributed by atoms with Crippen LogP contribution in [0.1, 0.15) is 25.3 Å². The van der Waals surface area contributed by atoms with Crippen LogP contribution in [0.5, 0.6) is 0 Å². The molecule has 0 N–H and O–H groups in total. The number of rotatable bonds is 1. The molecule has 74 valence electrons. The van der Waals surface area contributed by atoms with Crippen molar-refractivity contribution in [2.45, 2.75) is 19.8 Å². The molecule has 0 bridgehead atoms. The zero-order valence-corrected chi connectivity index (χ0v) is 10.8. The zero-order chi connectivity index (χ0) is 10.3. The molecular weight excluding hydrogens is 312 g/mol. The SMILES string of the molecule is CC(C)c1cnc2cc(I)oc2c1Cl. The van der Waals surface area contributed by atoms with Crippen molar-refractivity contribution >= 4 is 45.3 Å². The Labute approximate surface area is 101 Å². The molecule has 0 aliphatic heterocycles. The van der Waals surface area contributed by atoms with E-state index in [0.29, 0.717) is 16.5 Å². The first-order valence-electron chi connectivity index (χ1n) is 4.33. The highest BCUT2D eigenvalue weighted by molar-refractivity contribution is 14.1. The van der Waals surface area contributed by atoms with Crippen LogP contribution < -0.4 is 0 Å². The minimum atomic E-state index is 0.363. The zero-order valence-electron chi connectivity index (χ0n) is 7.84. The largest absolute Gasteiger partial charge is 0.447 e. The van der Waals surface area contributed by atoms with Crippen LogP contribution in [0.15, 0.2) is 16.7 Å². The Morgan fingerprint density at radius 2 is 2.21 bits per heavy atom. The standard InChI is InChI=1S/C10H9ClINO/c1-5(2)6-4-13-7-3-8(12)14-10(7)9(6)11/h3-5H,1-2H3. The van der Waals surface area contributed by atoms with Crippen LogP contribution in [0.4, 0.5) is 0 Å². The van der Waals surface area contributed by atoms with Gasteiger partial charge >= 0.3 is 0 Å². The van der Waals surface area contributed by atoms with Gasteiger partial charge in [0.25, 0.3) is 0 Å². The third-order valence-electron chi connectivity index (χ3n) is 2.10. The number of hydrogen-bond acceptors (Lipinski definition) is 2. The minimum Gasteiger partial charge on any atom is -0.447 e. The van der Waals surface area contributed by atoms with Gasteiger partial charge < -0.3 is 4.42 Å². The molecule has 14 heavy (non-hydrogen) atoms. The summed E-state index contributed by atoms with van der Waals surface area (Å²) in [5, 5.41) is 0.688. The van der Waals surface area contributed by atoms with Gasteiger partial charge in [0.2, 0.25) is 0 Å². The van der Waals surface area contributed by atoms with E-state index in [2.05, 4.69) is 41.4 Å². The topological polar surface area (TPSA) is 26.0 Å². The number of furan rings is 1. The van der Waals surface area contributed by atoms with Crippen molar-refractivity contribution < 1.29 is 4.42 Å². The summed E-state index contributed by atoms with van der Waals surface area (Å²) in [6.45, 7) is 4.17. The highest BCUT2D eigenvalue weighted by Gasteiger charge is 2.13. The molecule has 0 aromatic carbocycles. The molecule has 0 unspecified atom stereocenters. The molecule has 0 radical (unpaired) electrons. The molecule has 0 saturated heterocycles. The van der Waals surface area contributed by atoms with Crippen molar-refractivity contribution in [2.75, 3.05) is 0 Å². The van der Waals surface area contributed by atoms with Gasteiger partial charge in [-0.05, 0) is 34.1 Å². The van der Waals surface area contributed by atoms with Gasteiger partial charge in [0.05, 0.1) is 5.02 Å². The summed E-state index contributed by atoms with van der Waals surface area (Å²) < 4.78 is 6.29. The van der Waals surface area contributed by atoms with E-state index in [9.17, 15) is 0 Å². The molecule has 0 aliphatic carbocycles. The third-order valence-corrected chi connectivity index (χ3v) is 3.02. The number of hydrogen-bond donors (Lipinski definition) is 0. The van der Waals surface area contributed by atoms with Crippen LogP contribution in [0, 0.1) is 3.77 Å². The summed E-state index contributed by atoms with van der Waals surface area (Å²) in [6.07, 6.45) is 1.82. The van der Waals surface area contributed by atoms with E-state index in [1.807, 2.05) is 12.3 Å². The second-order valence-corrected chi connectivity index (χ2v) is 4.89. The Hall–Kier alpha value is -0.290. The molecule has 2 aromatic heterocycles. The van der Waals surface area contributed by atoms with Gasteiger partial charge in [-0.2, -0.15) is 0 Å². The summed E-state index contributed by atoms with van der Waals surface area (Å²) in [6, 6.07) is 1.88. The van der Waals surface area contributed by atoms with E-state index >= 15 is 0 Å². The van der Waals surface area contributed by atoms with Crippen LogP contribution >= 0.6 is 34.2 Å². The predicted octanol–water partition coefficient (Wildman–Crippen LogP) is 4.21. The van der Waals surface area contributed by atoms with E-state index in [1.165, 1.54) is 0 Å². The number of nitrogens with zero attached hydrogens (tertiary/aromatic N) is 1. The Morgan fingerprint density at radius 3 is 2.86 bits per heavy atom. The highest BCUT2D eigenvalue weighted by atomic mass is 127. The van der Waals surface area contributed by atoms with Crippen molar-refractivity contribution in [1.82, 2.24) is 4.98 Å². The van der Waals surface area contributed by atoms with Crippen molar-refractivity contribution in [3.05, 3.63) is 26.6 Å². The van der Waals surface area contributed by atoms with E-state index in [4.69, 9.17) is 16.0 Å². The molecule has 0 aliphatic rings. The average molecular weight is 322 g/mol. The number of pyridine rings is 1. The first-order valence-corrected chi connectivity index (χ1v) is 5.78. The fraction of sp³-hybridized carbons (Fsp3) is 0.300. The lowest BCUT2D eigenvalue weighted by Gasteiger charge is -2.06. The number of aromatic nitrogens is 1. The molecule has 4 heteroatoms. The van der Waals surface area contributed by atoms with Crippen molar-refractivity contribution in [1.29, 1.82) is 0 Å². The van der Waals surface area contributed by atoms with Gasteiger partial charge in [0.15, 0.2) is 9.35 Å². The maximum atomic E-state index is 6.21. The van der Waals surface area contributed by atoms with E-state index in [0.717, 1.165) is 14.8 Å². The molecule has 2 rings (SSSR count). The molecule has 2 nitrogen and oxygen atoms in total. The van der Waals surface area contributed by atoms with Crippen molar-refractivity contribution in [3.63, 3.8) is 0 Å². The second-order valence-electron chi connectivity index (χ2n) is 3.45. The fourth-order valence-corrected chi connectivity index (χ4v) is 2.25. The van der Waals surface area contributed by atoms with Crippen LogP contribution in [0.3, 0.4) is 0 Å². The summed E-state index contributed by atoms with van der Waals surface area (Å²) in [5.74, 6) is 0.363. The number of halogens is 2. The van der Waals surface area contributed by atoms with E-state index in [1.54, 1.807) is 0 Å². The average Bonchev–Trinajstić information content (AvgIpc) is 2.46. The Balaban J connectivity index is 2.74.